The Morgan fingerprint density at radius 1 is 1.00 bits per heavy atom. The van der Waals surface area contributed by atoms with Crippen LogP contribution in [-0.4, -0.2) is 50.6 Å². The van der Waals surface area contributed by atoms with E-state index < -0.39 is 5.97 Å². The lowest BCUT2D eigenvalue weighted by atomic mass is 10.2. The van der Waals surface area contributed by atoms with Crippen LogP contribution in [0.5, 0.6) is 5.88 Å². The molecule has 1 rings (SSSR count). The topological polar surface area (TPSA) is 92.9 Å². The van der Waals surface area contributed by atoms with Crippen LogP contribution >= 0.6 is 0 Å². The van der Waals surface area contributed by atoms with Crippen LogP contribution in [0, 0.1) is 0 Å². The van der Waals surface area contributed by atoms with Crippen molar-refractivity contribution < 1.29 is 23.7 Å². The lowest BCUT2D eigenvalue weighted by Gasteiger charge is -2.10. The maximum atomic E-state index is 11.9. The van der Waals surface area contributed by atoms with Gasteiger partial charge in [-0.1, -0.05) is 26.7 Å². The fraction of sp³-hybridized carbons (Fsp3) is 0.667. The molecule has 7 nitrogen and oxygen atoms in total. The predicted octanol–water partition coefficient (Wildman–Crippen LogP) is 2.83. The molecular formula is C18H30N2O5. The summed E-state index contributed by atoms with van der Waals surface area (Å²) in [5.41, 5.74) is 6.45. The molecule has 0 fully saturated rings. The third-order valence-electron chi connectivity index (χ3n) is 3.33. The van der Waals surface area contributed by atoms with Gasteiger partial charge >= 0.3 is 5.97 Å². The molecule has 0 saturated carbocycles. The highest BCUT2D eigenvalue weighted by Gasteiger charge is 2.11. The van der Waals surface area contributed by atoms with E-state index in [1.54, 1.807) is 0 Å². The summed E-state index contributed by atoms with van der Waals surface area (Å²) < 4.78 is 21.3. The first kappa shape index (κ1) is 21.2. The molecule has 0 atom stereocenters. The highest BCUT2D eigenvalue weighted by Crippen LogP contribution is 2.19. The fourth-order valence-corrected chi connectivity index (χ4v) is 1.87. The van der Waals surface area contributed by atoms with E-state index in [9.17, 15) is 4.79 Å². The van der Waals surface area contributed by atoms with Gasteiger partial charge in [0.05, 0.1) is 24.5 Å². The highest BCUT2D eigenvalue weighted by atomic mass is 16.6. The quantitative estimate of drug-likeness (QED) is 0.405. The minimum absolute atomic E-state index is 0.204. The second-order valence-corrected chi connectivity index (χ2v) is 5.53. The van der Waals surface area contributed by atoms with Gasteiger partial charge in [0.1, 0.15) is 13.2 Å². The molecule has 0 spiro atoms. The number of carbonyl (C=O) groups excluding carboxylic acids is 1. The normalized spacial score (nSPS) is 10.6. The van der Waals surface area contributed by atoms with Crippen LogP contribution in [-0.2, 0) is 14.2 Å². The second-order valence-electron chi connectivity index (χ2n) is 5.53. The van der Waals surface area contributed by atoms with Gasteiger partial charge in [-0.3, -0.25) is 0 Å². The number of hydrogen-bond donors (Lipinski definition) is 1. The summed E-state index contributed by atoms with van der Waals surface area (Å²) in [6, 6.07) is 1.50. The molecule has 0 aliphatic heterocycles. The third-order valence-corrected chi connectivity index (χ3v) is 3.33. The van der Waals surface area contributed by atoms with E-state index in [1.165, 1.54) is 12.3 Å². The monoisotopic (exact) mass is 354 g/mol. The first-order valence-electron chi connectivity index (χ1n) is 8.90. The minimum Gasteiger partial charge on any atom is -0.474 e. The first-order chi connectivity index (χ1) is 12.2. The van der Waals surface area contributed by atoms with Crippen LogP contribution in [0.15, 0.2) is 12.3 Å². The number of nitrogens with zero attached hydrogens (tertiary/aromatic N) is 1. The fourth-order valence-electron chi connectivity index (χ4n) is 1.87. The zero-order valence-electron chi connectivity index (χ0n) is 15.3. The Kier molecular flexibility index (Phi) is 11.4. The van der Waals surface area contributed by atoms with Gasteiger partial charge in [-0.05, 0) is 18.9 Å². The summed E-state index contributed by atoms with van der Waals surface area (Å²) in [6.45, 7) is 7.02. The maximum absolute atomic E-state index is 11.9. The van der Waals surface area contributed by atoms with Crippen molar-refractivity contribution in [3.8, 4) is 5.88 Å². The van der Waals surface area contributed by atoms with Crippen LogP contribution in [0.25, 0.3) is 0 Å². The van der Waals surface area contributed by atoms with Gasteiger partial charge in [0.15, 0.2) is 0 Å². The molecule has 0 aromatic carbocycles. The van der Waals surface area contributed by atoms with Crippen molar-refractivity contribution in [1.82, 2.24) is 4.98 Å². The zero-order valence-corrected chi connectivity index (χ0v) is 15.3. The van der Waals surface area contributed by atoms with Crippen molar-refractivity contribution in [1.29, 1.82) is 0 Å². The van der Waals surface area contributed by atoms with Gasteiger partial charge in [0, 0.05) is 19.4 Å². The number of nitrogens with two attached hydrogens (primary N) is 1. The summed E-state index contributed by atoms with van der Waals surface area (Å²) >= 11 is 0. The molecule has 0 aliphatic rings. The maximum Gasteiger partial charge on any atom is 0.339 e. The van der Waals surface area contributed by atoms with Crippen molar-refractivity contribution in [3.63, 3.8) is 0 Å². The first-order valence-corrected chi connectivity index (χ1v) is 8.90. The Balaban J connectivity index is 2.30. The Hall–Kier alpha value is -1.86. The number of esters is 1. The molecule has 0 amide bonds. The molecule has 2 N–H and O–H groups in total. The number of aromatic nitrogens is 1. The lowest BCUT2D eigenvalue weighted by Crippen LogP contribution is -2.13. The molecule has 0 bridgehead atoms. The van der Waals surface area contributed by atoms with E-state index in [0.29, 0.717) is 38.0 Å². The molecule has 25 heavy (non-hydrogen) atoms. The Morgan fingerprint density at radius 2 is 1.64 bits per heavy atom. The highest BCUT2D eigenvalue weighted by molar-refractivity contribution is 5.90. The van der Waals surface area contributed by atoms with Gasteiger partial charge < -0.3 is 24.7 Å². The Bertz CT molecular complexity index is 496. The number of hydrogen-bond acceptors (Lipinski definition) is 7. The Labute approximate surface area is 149 Å². The van der Waals surface area contributed by atoms with Crippen LogP contribution in [0.2, 0.25) is 0 Å². The molecule has 1 heterocycles. The number of anilines is 1. The van der Waals surface area contributed by atoms with Gasteiger partial charge in [0.25, 0.3) is 0 Å². The standard InChI is InChI=1S/C18H30N2O5/c1-3-5-7-22-9-11-24-17-16(19)13-15(14-20-17)18(21)25-12-10-23-8-6-4-2/h13-14H,3-12,19H2,1-2H3. The van der Waals surface area contributed by atoms with E-state index in [0.717, 1.165) is 32.3 Å². The Morgan fingerprint density at radius 3 is 2.24 bits per heavy atom. The molecule has 1 aromatic rings. The molecule has 0 aliphatic carbocycles. The number of nitrogen functional groups attached to an aromatic ring is 1. The average molecular weight is 354 g/mol. The summed E-state index contributed by atoms with van der Waals surface area (Å²) in [4.78, 5) is 16.0. The number of rotatable bonds is 14. The predicted molar refractivity (Wildman–Crippen MR) is 95.9 cm³/mol. The number of pyridine rings is 1. The molecule has 1 aromatic heterocycles. The van der Waals surface area contributed by atoms with E-state index >= 15 is 0 Å². The van der Waals surface area contributed by atoms with Crippen molar-refractivity contribution >= 4 is 11.7 Å². The van der Waals surface area contributed by atoms with E-state index in [4.69, 9.17) is 24.7 Å². The summed E-state index contributed by atoms with van der Waals surface area (Å²) in [6.07, 6.45) is 5.59. The zero-order chi connectivity index (χ0) is 18.3. The average Bonchev–Trinajstić information content (AvgIpc) is 2.61. The van der Waals surface area contributed by atoms with E-state index in [1.807, 2.05) is 0 Å². The molecule has 0 radical (unpaired) electrons. The van der Waals surface area contributed by atoms with Gasteiger partial charge in [-0.2, -0.15) is 0 Å². The lowest BCUT2D eigenvalue weighted by molar-refractivity contribution is 0.0313. The molecule has 142 valence electrons. The van der Waals surface area contributed by atoms with E-state index in [-0.39, 0.29) is 12.2 Å². The number of ether oxygens (including phenoxy) is 4. The van der Waals surface area contributed by atoms with Gasteiger partial charge in [0.2, 0.25) is 5.88 Å². The third kappa shape index (κ3) is 9.26. The van der Waals surface area contributed by atoms with Crippen LogP contribution in [0.4, 0.5) is 5.69 Å². The molecule has 0 unspecified atom stereocenters. The van der Waals surface area contributed by atoms with Crippen LogP contribution in [0.3, 0.4) is 0 Å². The van der Waals surface area contributed by atoms with Crippen LogP contribution < -0.4 is 10.5 Å². The van der Waals surface area contributed by atoms with Gasteiger partial charge in [-0.15, -0.1) is 0 Å². The minimum atomic E-state index is -0.479. The molecular weight excluding hydrogens is 324 g/mol. The largest absolute Gasteiger partial charge is 0.474 e. The van der Waals surface area contributed by atoms with E-state index in [2.05, 4.69) is 18.8 Å². The van der Waals surface area contributed by atoms with Crippen molar-refractivity contribution in [2.45, 2.75) is 39.5 Å². The van der Waals surface area contributed by atoms with Crippen molar-refractivity contribution in [2.24, 2.45) is 0 Å². The SMILES string of the molecule is CCCCOCCOC(=O)c1cnc(OCCOCCCC)c(N)c1. The molecule has 0 saturated heterocycles. The molecule has 7 heteroatoms. The second kappa shape index (κ2) is 13.4. The number of carbonyl (C=O) groups is 1. The summed E-state index contributed by atoms with van der Waals surface area (Å²) in [5.74, 6) is -0.189. The van der Waals surface area contributed by atoms with Crippen molar-refractivity contribution in [2.75, 3.05) is 45.4 Å². The van der Waals surface area contributed by atoms with Crippen LogP contribution in [0.1, 0.15) is 49.9 Å². The summed E-state index contributed by atoms with van der Waals surface area (Å²) in [7, 11) is 0. The summed E-state index contributed by atoms with van der Waals surface area (Å²) in [5, 5.41) is 0. The van der Waals surface area contributed by atoms with Crippen molar-refractivity contribution in [3.05, 3.63) is 17.8 Å². The number of unbranched alkanes of at least 4 members (excludes halogenated alkanes) is 2. The van der Waals surface area contributed by atoms with Gasteiger partial charge in [-0.25, -0.2) is 9.78 Å². The smallest absolute Gasteiger partial charge is 0.339 e.